The summed E-state index contributed by atoms with van der Waals surface area (Å²) in [7, 11) is 0. The maximum atomic E-state index is 11.2. The maximum absolute atomic E-state index is 11.2. The molecule has 172 valence electrons. The normalized spacial score (nSPS) is 38.8. The Bertz CT molecular complexity index is 651. The first-order chi connectivity index (χ1) is 14.1. The third-order valence-electron chi connectivity index (χ3n) is 8.85. The zero-order valence-corrected chi connectivity index (χ0v) is 18.6. The first-order valence-corrected chi connectivity index (χ1v) is 11.4. The smallest absolute Gasteiger partial charge is 0.294 e. The zero-order valence-electron chi connectivity index (χ0n) is 18.6. The van der Waals surface area contributed by atoms with E-state index in [2.05, 4.69) is 18.7 Å². The van der Waals surface area contributed by atoms with Crippen LogP contribution in [0.4, 0.5) is 0 Å². The van der Waals surface area contributed by atoms with Crippen LogP contribution in [0, 0.1) is 47.8 Å². The summed E-state index contributed by atoms with van der Waals surface area (Å²) in [5.74, 6) is -0.169. The van der Waals surface area contributed by atoms with Crippen molar-refractivity contribution < 1.29 is 19.8 Å². The Hall–Kier alpha value is -1.64. The molecule has 4 aliphatic rings. The monoisotopic (exact) mass is 427 g/mol. The van der Waals surface area contributed by atoms with Crippen molar-refractivity contribution in [3.8, 4) is 0 Å². The van der Waals surface area contributed by atoms with Gasteiger partial charge >= 0.3 is 0 Å². The van der Waals surface area contributed by atoms with E-state index in [0.29, 0.717) is 13.0 Å². The van der Waals surface area contributed by atoms with Gasteiger partial charge in [-0.25, -0.2) is 0 Å². The largest absolute Gasteiger partial charge is 0.330 e. The Balaban J connectivity index is 2.03. The van der Waals surface area contributed by atoms with E-state index < -0.39 is 22.9 Å². The van der Waals surface area contributed by atoms with Crippen LogP contribution in [0.3, 0.4) is 0 Å². The number of nitrogens with two attached hydrogens (primary N) is 1. The Morgan fingerprint density at radius 3 is 1.87 bits per heavy atom. The molecule has 0 radical (unpaired) electrons. The van der Waals surface area contributed by atoms with Crippen LogP contribution in [0.2, 0.25) is 0 Å². The molecule has 2 N–H and O–H groups in total. The van der Waals surface area contributed by atoms with Gasteiger partial charge in [0.1, 0.15) is 12.7 Å². The third-order valence-corrected chi connectivity index (χ3v) is 8.85. The van der Waals surface area contributed by atoms with Crippen LogP contribution in [0.5, 0.6) is 0 Å². The van der Waals surface area contributed by atoms with Crippen LogP contribution in [0.15, 0.2) is 0 Å². The second-order valence-corrected chi connectivity index (χ2v) is 10.6. The fourth-order valence-corrected chi connectivity index (χ4v) is 8.65. The van der Waals surface area contributed by atoms with E-state index in [9.17, 15) is 20.2 Å². The summed E-state index contributed by atoms with van der Waals surface area (Å²) < 4.78 is 0. The van der Waals surface area contributed by atoms with Crippen LogP contribution < -0.4 is 5.73 Å². The van der Waals surface area contributed by atoms with Crippen LogP contribution in [0.1, 0.15) is 85.0 Å². The summed E-state index contributed by atoms with van der Waals surface area (Å²) in [4.78, 5) is 31.7. The van der Waals surface area contributed by atoms with Crippen LogP contribution in [0.25, 0.3) is 0 Å². The fraction of sp³-hybridized carbons (Fsp3) is 1.00. The SMILES string of the molecule is CCC(C(CO[N+](=O)[O-])O[N+](=O)[O-])C12CC3(CC)CC(CC)(CC(CCN)(C3)C1)C2. The van der Waals surface area contributed by atoms with E-state index >= 15 is 0 Å². The van der Waals surface area contributed by atoms with Gasteiger partial charge in [-0.2, -0.15) is 0 Å². The van der Waals surface area contributed by atoms with Crippen molar-refractivity contribution in [3.05, 3.63) is 20.2 Å². The molecule has 4 saturated carbocycles. The summed E-state index contributed by atoms with van der Waals surface area (Å²) in [5, 5.41) is 20.4. The van der Waals surface area contributed by atoms with E-state index in [1.807, 2.05) is 6.92 Å². The van der Waals surface area contributed by atoms with Crippen LogP contribution in [-0.2, 0) is 9.68 Å². The average molecular weight is 428 g/mol. The highest BCUT2D eigenvalue weighted by molar-refractivity contribution is 5.18. The highest BCUT2D eigenvalue weighted by Crippen LogP contribution is 2.78. The number of hydrogen-bond donors (Lipinski definition) is 1. The van der Waals surface area contributed by atoms with Crippen molar-refractivity contribution in [1.82, 2.24) is 0 Å². The quantitative estimate of drug-likeness (QED) is 0.363. The summed E-state index contributed by atoms with van der Waals surface area (Å²) in [6, 6.07) is 0. The van der Waals surface area contributed by atoms with Crippen molar-refractivity contribution in [2.24, 2.45) is 33.3 Å². The lowest BCUT2D eigenvalue weighted by molar-refractivity contribution is -0.792. The average Bonchev–Trinajstić information content (AvgIpc) is 2.65. The van der Waals surface area contributed by atoms with Crippen LogP contribution in [-0.4, -0.2) is 29.4 Å². The standard InChI is InChI=1S/C21H37N3O6/c1-4-16(17(30-24(27)28)9-29-23(25)26)21-13-18(5-2)10-19(6-3,14-21)12-20(11-18,15-21)7-8-22/h16-17H,4-15,22H2,1-3H3. The second kappa shape index (κ2) is 8.13. The van der Waals surface area contributed by atoms with Gasteiger partial charge in [0.05, 0.1) is 0 Å². The lowest BCUT2D eigenvalue weighted by atomic mass is 9.32. The third kappa shape index (κ3) is 3.97. The van der Waals surface area contributed by atoms with E-state index in [0.717, 1.165) is 38.5 Å². The van der Waals surface area contributed by atoms with Gasteiger partial charge in [-0.05, 0) is 79.1 Å². The van der Waals surface area contributed by atoms with Crippen molar-refractivity contribution in [1.29, 1.82) is 0 Å². The molecule has 4 fully saturated rings. The number of rotatable bonds is 12. The van der Waals surface area contributed by atoms with E-state index in [1.54, 1.807) is 0 Å². The number of nitrogens with zero attached hydrogens (tertiary/aromatic N) is 2. The number of hydrogen-bond acceptors (Lipinski definition) is 7. The van der Waals surface area contributed by atoms with Gasteiger partial charge < -0.3 is 15.4 Å². The minimum Gasteiger partial charge on any atom is -0.330 e. The van der Waals surface area contributed by atoms with Gasteiger partial charge in [-0.3, -0.25) is 0 Å². The molecular formula is C21H37N3O6. The van der Waals surface area contributed by atoms with E-state index in [-0.39, 0.29) is 27.6 Å². The molecular weight excluding hydrogens is 390 g/mol. The second-order valence-electron chi connectivity index (χ2n) is 10.6. The molecule has 0 amide bonds. The van der Waals surface area contributed by atoms with E-state index in [1.165, 1.54) is 19.3 Å². The highest BCUT2D eigenvalue weighted by Gasteiger charge is 2.68. The minimum absolute atomic E-state index is 0.134. The van der Waals surface area contributed by atoms with Gasteiger partial charge in [0.2, 0.25) is 0 Å². The van der Waals surface area contributed by atoms with E-state index in [4.69, 9.17) is 10.6 Å². The molecule has 30 heavy (non-hydrogen) atoms. The maximum Gasteiger partial charge on any atom is 0.294 e. The van der Waals surface area contributed by atoms with Crippen molar-refractivity contribution in [2.45, 2.75) is 91.1 Å². The van der Waals surface area contributed by atoms with Gasteiger partial charge in [0.15, 0.2) is 0 Å². The predicted molar refractivity (Wildman–Crippen MR) is 110 cm³/mol. The summed E-state index contributed by atoms with van der Waals surface area (Å²) in [5.41, 5.74) is 6.53. The molecule has 4 unspecified atom stereocenters. The Kier molecular flexibility index (Phi) is 6.24. The van der Waals surface area contributed by atoms with Gasteiger partial charge in [0.25, 0.3) is 10.2 Å². The first kappa shape index (κ1) is 23.0. The van der Waals surface area contributed by atoms with Gasteiger partial charge in [-0.15, -0.1) is 20.2 Å². The minimum atomic E-state index is -0.940. The molecule has 9 nitrogen and oxygen atoms in total. The Morgan fingerprint density at radius 2 is 1.43 bits per heavy atom. The topological polar surface area (TPSA) is 131 Å². The lowest BCUT2D eigenvalue weighted by Crippen LogP contribution is -2.64. The molecule has 0 heterocycles. The molecule has 0 saturated heterocycles. The zero-order chi connectivity index (χ0) is 22.2. The molecule has 4 atom stereocenters. The molecule has 0 aliphatic heterocycles. The van der Waals surface area contributed by atoms with Crippen molar-refractivity contribution in [3.63, 3.8) is 0 Å². The molecule has 4 rings (SSSR count). The molecule has 4 aliphatic carbocycles. The summed E-state index contributed by atoms with van der Waals surface area (Å²) in [6.07, 6.45) is 9.45. The molecule has 0 aromatic rings. The highest BCUT2D eigenvalue weighted by atomic mass is 17.0. The fourth-order valence-electron chi connectivity index (χ4n) is 8.65. The summed E-state index contributed by atoms with van der Waals surface area (Å²) >= 11 is 0. The molecule has 4 bridgehead atoms. The molecule has 0 spiro atoms. The Morgan fingerprint density at radius 1 is 0.900 bits per heavy atom. The Labute approximate surface area is 178 Å². The summed E-state index contributed by atoms with van der Waals surface area (Å²) in [6.45, 7) is 6.78. The van der Waals surface area contributed by atoms with Crippen molar-refractivity contribution in [2.75, 3.05) is 13.2 Å². The predicted octanol–water partition coefficient (Wildman–Crippen LogP) is 4.29. The molecule has 0 aromatic carbocycles. The van der Waals surface area contributed by atoms with Crippen LogP contribution >= 0.6 is 0 Å². The lowest BCUT2D eigenvalue weighted by Gasteiger charge is -2.73. The molecule has 0 aromatic heterocycles. The molecule has 9 heteroatoms. The van der Waals surface area contributed by atoms with Gasteiger partial charge in [0, 0.05) is 0 Å². The van der Waals surface area contributed by atoms with Gasteiger partial charge in [-0.1, -0.05) is 40.0 Å². The van der Waals surface area contributed by atoms with Crippen molar-refractivity contribution >= 4 is 0 Å². The first-order valence-electron chi connectivity index (χ1n) is 11.4.